The van der Waals surface area contributed by atoms with E-state index in [4.69, 9.17) is 0 Å². The number of isocyanates is 1. The minimum absolute atomic E-state index is 0.411. The van der Waals surface area contributed by atoms with Crippen LogP contribution in [0.25, 0.3) is 0 Å². The molecule has 0 unspecified atom stereocenters. The molecule has 3 heteroatoms. The SMILES string of the molecule is O=C=NCC=CBr. The Labute approximate surface area is 50.1 Å². The van der Waals surface area contributed by atoms with Gasteiger partial charge in [0.1, 0.15) is 0 Å². The monoisotopic (exact) mass is 161 g/mol. The summed E-state index contributed by atoms with van der Waals surface area (Å²) in [5.41, 5.74) is 0. The highest BCUT2D eigenvalue weighted by molar-refractivity contribution is 9.11. The van der Waals surface area contributed by atoms with Gasteiger partial charge in [0.2, 0.25) is 6.08 Å². The van der Waals surface area contributed by atoms with Gasteiger partial charge in [0, 0.05) is 0 Å². The van der Waals surface area contributed by atoms with Crippen molar-refractivity contribution in [3.05, 3.63) is 11.1 Å². The van der Waals surface area contributed by atoms with Crippen LogP contribution in [0.2, 0.25) is 0 Å². The first-order valence-electron chi connectivity index (χ1n) is 1.70. The molecule has 0 heterocycles. The molecule has 0 saturated carbocycles. The normalized spacial score (nSPS) is 8.71. The Kier molecular flexibility index (Phi) is 5.28. The Morgan fingerprint density at radius 1 is 1.86 bits per heavy atom. The molecule has 0 N–H and O–H groups in total. The first-order valence-corrected chi connectivity index (χ1v) is 2.62. The van der Waals surface area contributed by atoms with E-state index in [-0.39, 0.29) is 0 Å². The van der Waals surface area contributed by atoms with Gasteiger partial charge >= 0.3 is 0 Å². The van der Waals surface area contributed by atoms with Crippen LogP contribution in [0.15, 0.2) is 16.1 Å². The van der Waals surface area contributed by atoms with Gasteiger partial charge in [-0.05, 0) is 4.99 Å². The minimum atomic E-state index is 0.411. The fourth-order valence-corrected chi connectivity index (χ4v) is 0.297. The summed E-state index contributed by atoms with van der Waals surface area (Å²) >= 11 is 3.01. The topological polar surface area (TPSA) is 29.4 Å². The largest absolute Gasteiger partial charge is 0.235 e. The lowest BCUT2D eigenvalue weighted by Crippen LogP contribution is -1.64. The molecule has 0 bridgehead atoms. The Morgan fingerprint density at radius 2 is 2.57 bits per heavy atom. The molecule has 0 amide bonds. The van der Waals surface area contributed by atoms with Gasteiger partial charge in [0.05, 0.1) is 6.54 Å². The maximum absolute atomic E-state index is 9.34. The van der Waals surface area contributed by atoms with E-state index < -0.39 is 0 Å². The van der Waals surface area contributed by atoms with Crippen LogP contribution >= 0.6 is 15.9 Å². The highest BCUT2D eigenvalue weighted by Crippen LogP contribution is 1.80. The molecule has 0 aromatic rings. The molecular formula is C4H4BrNO. The second kappa shape index (κ2) is 5.60. The molecule has 0 aliphatic rings. The Balaban J connectivity index is 3.15. The molecule has 2 nitrogen and oxygen atoms in total. The van der Waals surface area contributed by atoms with Crippen LogP contribution in [0.5, 0.6) is 0 Å². The molecule has 7 heavy (non-hydrogen) atoms. The average Bonchev–Trinajstić information content (AvgIpc) is 1.69. The second-order valence-corrected chi connectivity index (χ2v) is 1.32. The third-order valence-corrected chi connectivity index (χ3v) is 0.724. The van der Waals surface area contributed by atoms with Crippen molar-refractivity contribution < 1.29 is 4.79 Å². The number of hydrogen-bond acceptors (Lipinski definition) is 2. The molecule has 0 aliphatic carbocycles. The highest BCUT2D eigenvalue weighted by Gasteiger charge is 1.63. The summed E-state index contributed by atoms with van der Waals surface area (Å²) in [4.78, 5) is 14.2. The van der Waals surface area contributed by atoms with E-state index in [0.29, 0.717) is 6.54 Å². The predicted octanol–water partition coefficient (Wildman–Crippen LogP) is 1.23. The Bertz CT molecular complexity index is 104. The first-order chi connectivity index (χ1) is 3.41. The third kappa shape index (κ3) is 5.60. The van der Waals surface area contributed by atoms with Crippen molar-refractivity contribution >= 4 is 22.0 Å². The number of nitrogens with zero attached hydrogens (tertiary/aromatic N) is 1. The highest BCUT2D eigenvalue weighted by atomic mass is 79.9. The summed E-state index contributed by atoms with van der Waals surface area (Å²) in [6.07, 6.45) is 3.10. The summed E-state index contributed by atoms with van der Waals surface area (Å²) in [5.74, 6) is 0. The number of hydrogen-bond donors (Lipinski definition) is 0. The van der Waals surface area contributed by atoms with Crippen LogP contribution in [-0.2, 0) is 4.79 Å². The van der Waals surface area contributed by atoms with Gasteiger partial charge in [0.25, 0.3) is 0 Å². The standard InChI is InChI=1S/C4H4BrNO/c5-2-1-3-6-4-7/h1-2H,3H2. The van der Waals surface area contributed by atoms with Crippen LogP contribution in [0.3, 0.4) is 0 Å². The molecule has 0 spiro atoms. The van der Waals surface area contributed by atoms with Gasteiger partial charge in [0.15, 0.2) is 0 Å². The van der Waals surface area contributed by atoms with Crippen molar-refractivity contribution in [3.63, 3.8) is 0 Å². The van der Waals surface area contributed by atoms with Gasteiger partial charge in [-0.3, -0.25) is 0 Å². The molecule has 0 aromatic heterocycles. The fourth-order valence-electron chi connectivity index (χ4n) is 0.130. The first kappa shape index (κ1) is 6.60. The molecule has 0 atom stereocenters. The molecule has 0 rings (SSSR count). The summed E-state index contributed by atoms with van der Waals surface area (Å²) in [5, 5.41) is 0. The predicted molar refractivity (Wildman–Crippen MR) is 31.1 cm³/mol. The molecule has 0 aromatic carbocycles. The van der Waals surface area contributed by atoms with E-state index in [9.17, 15) is 4.79 Å². The van der Waals surface area contributed by atoms with Crippen LogP contribution in [0.1, 0.15) is 0 Å². The lowest BCUT2D eigenvalue weighted by Gasteiger charge is -1.67. The van der Waals surface area contributed by atoms with E-state index in [1.165, 1.54) is 6.08 Å². The molecular weight excluding hydrogens is 158 g/mol. The van der Waals surface area contributed by atoms with Crippen molar-refractivity contribution in [2.75, 3.05) is 6.54 Å². The number of rotatable bonds is 2. The summed E-state index contributed by atoms with van der Waals surface area (Å²) in [7, 11) is 0. The smallest absolute Gasteiger partial charge is 0.211 e. The van der Waals surface area contributed by atoms with Crippen LogP contribution < -0.4 is 0 Å². The van der Waals surface area contributed by atoms with Gasteiger partial charge in [-0.15, -0.1) is 0 Å². The summed E-state index contributed by atoms with van der Waals surface area (Å²) in [6, 6.07) is 0. The van der Waals surface area contributed by atoms with E-state index in [2.05, 4.69) is 20.9 Å². The molecule has 38 valence electrons. The Hall–Kier alpha value is -0.400. The minimum Gasteiger partial charge on any atom is -0.211 e. The maximum atomic E-state index is 9.34. The van der Waals surface area contributed by atoms with Crippen LogP contribution in [-0.4, -0.2) is 12.6 Å². The third-order valence-electron chi connectivity index (χ3n) is 0.350. The zero-order chi connectivity index (χ0) is 5.54. The summed E-state index contributed by atoms with van der Waals surface area (Å²) < 4.78 is 0. The van der Waals surface area contributed by atoms with E-state index in [1.807, 2.05) is 0 Å². The number of halogens is 1. The molecule has 0 fully saturated rings. The van der Waals surface area contributed by atoms with Crippen LogP contribution in [0.4, 0.5) is 0 Å². The number of aliphatic imine (C=N–C) groups is 1. The van der Waals surface area contributed by atoms with E-state index in [0.717, 1.165) is 0 Å². The fraction of sp³-hybridized carbons (Fsp3) is 0.250. The van der Waals surface area contributed by atoms with Crippen molar-refractivity contribution in [2.24, 2.45) is 4.99 Å². The summed E-state index contributed by atoms with van der Waals surface area (Å²) in [6.45, 7) is 0.411. The lowest BCUT2D eigenvalue weighted by atomic mass is 10.7. The Morgan fingerprint density at radius 3 is 3.00 bits per heavy atom. The van der Waals surface area contributed by atoms with Gasteiger partial charge in [-0.2, -0.15) is 0 Å². The van der Waals surface area contributed by atoms with Gasteiger partial charge in [-0.25, -0.2) is 9.79 Å². The van der Waals surface area contributed by atoms with E-state index in [1.54, 1.807) is 11.1 Å². The van der Waals surface area contributed by atoms with Crippen molar-refractivity contribution in [1.82, 2.24) is 0 Å². The number of carbonyl (C=O) groups excluding carboxylic acids is 1. The molecule has 0 radical (unpaired) electrons. The van der Waals surface area contributed by atoms with Crippen molar-refractivity contribution in [1.29, 1.82) is 0 Å². The van der Waals surface area contributed by atoms with Gasteiger partial charge < -0.3 is 0 Å². The van der Waals surface area contributed by atoms with Crippen LogP contribution in [0, 0.1) is 0 Å². The van der Waals surface area contributed by atoms with Crippen molar-refractivity contribution in [3.8, 4) is 0 Å². The van der Waals surface area contributed by atoms with Gasteiger partial charge in [-0.1, -0.05) is 22.0 Å². The zero-order valence-electron chi connectivity index (χ0n) is 3.60. The average molecular weight is 162 g/mol. The molecule has 0 aliphatic heterocycles. The van der Waals surface area contributed by atoms with Crippen molar-refractivity contribution in [2.45, 2.75) is 0 Å². The molecule has 0 saturated heterocycles. The maximum Gasteiger partial charge on any atom is 0.235 e. The lowest BCUT2D eigenvalue weighted by molar-refractivity contribution is 0.564. The van der Waals surface area contributed by atoms with E-state index >= 15 is 0 Å². The second-order valence-electron chi connectivity index (χ2n) is 0.794. The zero-order valence-corrected chi connectivity index (χ0v) is 5.18. The quantitative estimate of drug-likeness (QED) is 0.443.